The number of hydrogen-bond acceptors (Lipinski definition) is 2. The van der Waals surface area contributed by atoms with E-state index in [2.05, 4.69) is 23.3 Å². The molecule has 1 aliphatic carbocycles. The molecule has 1 aliphatic heterocycles. The molecule has 4 rings (SSSR count). The molecule has 0 bridgehead atoms. The molecule has 0 spiro atoms. The van der Waals surface area contributed by atoms with Crippen LogP contribution in [0.25, 0.3) is 0 Å². The van der Waals surface area contributed by atoms with Crippen molar-refractivity contribution < 1.29 is 4.79 Å². The standard InChI is InChI=1S/C19H16N2O/c22-19(17-11-10-14-6-3-7-16(14)13-17)20-21-12-4-8-15-5-1-2-9-18(15)21/h1-2,5,9-11,13H,3,6-7,12H2,(H,20,22). The largest absolute Gasteiger partial charge is 0.272 e. The normalized spacial score (nSPS) is 14.6. The average molecular weight is 288 g/mol. The Morgan fingerprint density at radius 3 is 2.91 bits per heavy atom. The van der Waals surface area contributed by atoms with Crippen molar-refractivity contribution >= 4 is 11.6 Å². The molecule has 0 fully saturated rings. The van der Waals surface area contributed by atoms with E-state index in [0.29, 0.717) is 6.54 Å². The van der Waals surface area contributed by atoms with E-state index in [0.717, 1.165) is 29.7 Å². The van der Waals surface area contributed by atoms with Crippen LogP contribution in [0.5, 0.6) is 0 Å². The van der Waals surface area contributed by atoms with Gasteiger partial charge in [0, 0.05) is 11.1 Å². The summed E-state index contributed by atoms with van der Waals surface area (Å²) in [7, 11) is 0. The Morgan fingerprint density at radius 1 is 1.09 bits per heavy atom. The van der Waals surface area contributed by atoms with Gasteiger partial charge < -0.3 is 0 Å². The second-order valence-corrected chi connectivity index (χ2v) is 5.68. The molecule has 0 saturated carbocycles. The summed E-state index contributed by atoms with van der Waals surface area (Å²) in [6, 6.07) is 13.9. The molecule has 1 amide bonds. The van der Waals surface area contributed by atoms with Gasteiger partial charge in [-0.15, -0.1) is 0 Å². The highest BCUT2D eigenvalue weighted by Gasteiger charge is 2.18. The van der Waals surface area contributed by atoms with Gasteiger partial charge >= 0.3 is 0 Å². The lowest BCUT2D eigenvalue weighted by Gasteiger charge is -2.26. The van der Waals surface area contributed by atoms with Crippen LogP contribution in [0.15, 0.2) is 42.5 Å². The lowest BCUT2D eigenvalue weighted by atomic mass is 10.1. The van der Waals surface area contributed by atoms with Crippen molar-refractivity contribution in [2.45, 2.75) is 19.3 Å². The second kappa shape index (κ2) is 5.23. The number of anilines is 1. The molecule has 3 heteroatoms. The Kier molecular flexibility index (Phi) is 3.08. The molecule has 3 nitrogen and oxygen atoms in total. The number of amides is 1. The fourth-order valence-electron chi connectivity index (χ4n) is 3.11. The number of fused-ring (bicyclic) bond motifs is 2. The van der Waals surface area contributed by atoms with Gasteiger partial charge in [0.05, 0.1) is 5.69 Å². The van der Waals surface area contributed by atoms with E-state index < -0.39 is 0 Å². The molecule has 0 aromatic heterocycles. The van der Waals surface area contributed by atoms with Crippen LogP contribution in [0.2, 0.25) is 0 Å². The Balaban J connectivity index is 1.57. The van der Waals surface area contributed by atoms with Crippen molar-refractivity contribution in [2.24, 2.45) is 0 Å². The molecule has 0 saturated heterocycles. The van der Waals surface area contributed by atoms with Crippen LogP contribution in [0.3, 0.4) is 0 Å². The minimum Gasteiger partial charge on any atom is -0.272 e. The van der Waals surface area contributed by atoms with Gasteiger partial charge in [-0.3, -0.25) is 15.2 Å². The zero-order chi connectivity index (χ0) is 14.9. The van der Waals surface area contributed by atoms with Gasteiger partial charge in [0.2, 0.25) is 0 Å². The number of rotatable bonds is 2. The Hall–Kier alpha value is -2.73. The third-order valence-corrected chi connectivity index (χ3v) is 4.25. The first-order valence-electron chi connectivity index (χ1n) is 7.59. The van der Waals surface area contributed by atoms with Crippen LogP contribution in [0, 0.1) is 11.8 Å². The van der Waals surface area contributed by atoms with Gasteiger partial charge in [0.15, 0.2) is 0 Å². The maximum absolute atomic E-state index is 12.5. The summed E-state index contributed by atoms with van der Waals surface area (Å²) in [6.45, 7) is 0.508. The third kappa shape index (κ3) is 2.23. The van der Waals surface area contributed by atoms with Crippen LogP contribution >= 0.6 is 0 Å². The number of nitrogens with zero attached hydrogens (tertiary/aromatic N) is 1. The molecule has 0 unspecified atom stereocenters. The zero-order valence-corrected chi connectivity index (χ0v) is 12.2. The maximum atomic E-state index is 12.5. The van der Waals surface area contributed by atoms with Gasteiger partial charge in [-0.2, -0.15) is 0 Å². The lowest BCUT2D eigenvalue weighted by molar-refractivity contribution is 0.0950. The number of carbonyl (C=O) groups excluding carboxylic acids is 1. The minimum atomic E-state index is -0.0757. The summed E-state index contributed by atoms with van der Waals surface area (Å²) >= 11 is 0. The van der Waals surface area contributed by atoms with E-state index in [9.17, 15) is 4.79 Å². The van der Waals surface area contributed by atoms with Crippen LogP contribution in [0.4, 0.5) is 5.69 Å². The molecule has 108 valence electrons. The molecular formula is C19H16N2O. The van der Waals surface area contributed by atoms with Gasteiger partial charge in [-0.1, -0.05) is 30.0 Å². The van der Waals surface area contributed by atoms with E-state index in [4.69, 9.17) is 0 Å². The van der Waals surface area contributed by atoms with E-state index in [1.165, 1.54) is 17.5 Å². The monoisotopic (exact) mass is 288 g/mol. The van der Waals surface area contributed by atoms with Crippen molar-refractivity contribution in [2.75, 3.05) is 11.6 Å². The predicted octanol–water partition coefficient (Wildman–Crippen LogP) is 2.69. The fraction of sp³-hybridized carbons (Fsp3) is 0.211. The highest BCUT2D eigenvalue weighted by Crippen LogP contribution is 2.23. The quantitative estimate of drug-likeness (QED) is 0.862. The van der Waals surface area contributed by atoms with E-state index in [1.807, 2.05) is 41.4 Å². The summed E-state index contributed by atoms with van der Waals surface area (Å²) in [5.74, 6) is 6.07. The molecular weight excluding hydrogens is 272 g/mol. The summed E-state index contributed by atoms with van der Waals surface area (Å²) < 4.78 is 0. The number of nitrogens with one attached hydrogen (secondary N) is 1. The van der Waals surface area contributed by atoms with Crippen LogP contribution in [0.1, 0.15) is 33.5 Å². The number of benzene rings is 2. The van der Waals surface area contributed by atoms with Crippen LogP contribution in [-0.2, 0) is 12.8 Å². The predicted molar refractivity (Wildman–Crippen MR) is 86.6 cm³/mol. The highest BCUT2D eigenvalue weighted by molar-refractivity contribution is 5.95. The first kappa shape index (κ1) is 13.0. The smallest absolute Gasteiger partial charge is 0.269 e. The van der Waals surface area contributed by atoms with Gasteiger partial charge in [0.1, 0.15) is 6.54 Å². The van der Waals surface area contributed by atoms with Crippen LogP contribution in [-0.4, -0.2) is 12.5 Å². The number of hydrogen-bond donors (Lipinski definition) is 1. The average Bonchev–Trinajstić information content (AvgIpc) is 3.02. The van der Waals surface area contributed by atoms with Crippen molar-refractivity contribution in [3.63, 3.8) is 0 Å². The first-order valence-corrected chi connectivity index (χ1v) is 7.59. The molecule has 1 heterocycles. The lowest BCUT2D eigenvalue weighted by Crippen LogP contribution is -2.44. The number of aryl methyl sites for hydroxylation is 2. The number of carbonyl (C=O) groups is 1. The third-order valence-electron chi connectivity index (χ3n) is 4.25. The molecule has 0 radical (unpaired) electrons. The summed E-state index contributed by atoms with van der Waals surface area (Å²) in [5.41, 5.74) is 8.29. The highest BCUT2D eigenvalue weighted by atomic mass is 16.2. The summed E-state index contributed by atoms with van der Waals surface area (Å²) in [6.07, 6.45) is 3.40. The second-order valence-electron chi connectivity index (χ2n) is 5.68. The molecule has 2 aromatic carbocycles. The summed E-state index contributed by atoms with van der Waals surface area (Å²) in [5, 5.41) is 1.82. The van der Waals surface area contributed by atoms with E-state index in [-0.39, 0.29) is 5.91 Å². The zero-order valence-electron chi connectivity index (χ0n) is 12.2. The fourth-order valence-corrected chi connectivity index (χ4v) is 3.11. The number of para-hydroxylation sites is 1. The van der Waals surface area contributed by atoms with Gasteiger partial charge in [-0.25, -0.2) is 0 Å². The van der Waals surface area contributed by atoms with Gasteiger partial charge in [0.25, 0.3) is 5.91 Å². The van der Waals surface area contributed by atoms with Crippen molar-refractivity contribution in [3.05, 3.63) is 64.7 Å². The van der Waals surface area contributed by atoms with Gasteiger partial charge in [-0.05, 0) is 54.7 Å². The Bertz CT molecular complexity index is 814. The van der Waals surface area contributed by atoms with Crippen molar-refractivity contribution in [1.82, 2.24) is 5.43 Å². The molecule has 1 N–H and O–H groups in total. The first-order chi connectivity index (χ1) is 10.8. The van der Waals surface area contributed by atoms with Crippen LogP contribution < -0.4 is 10.4 Å². The van der Waals surface area contributed by atoms with Crippen molar-refractivity contribution in [3.8, 4) is 11.8 Å². The Morgan fingerprint density at radius 2 is 1.95 bits per heavy atom. The van der Waals surface area contributed by atoms with E-state index >= 15 is 0 Å². The Labute approximate surface area is 129 Å². The topological polar surface area (TPSA) is 32.3 Å². The SMILES string of the molecule is O=C(NN1CC#Cc2ccccc21)c1ccc2c(c1)CCC2. The molecule has 0 atom stereocenters. The number of hydrazine groups is 1. The molecule has 2 aromatic rings. The van der Waals surface area contributed by atoms with Crippen molar-refractivity contribution in [1.29, 1.82) is 0 Å². The summed E-state index contributed by atoms with van der Waals surface area (Å²) in [4.78, 5) is 12.5. The minimum absolute atomic E-state index is 0.0757. The maximum Gasteiger partial charge on any atom is 0.269 e. The molecule has 22 heavy (non-hydrogen) atoms. The molecule has 2 aliphatic rings. The van der Waals surface area contributed by atoms with E-state index in [1.54, 1.807) is 0 Å².